The van der Waals surface area contributed by atoms with E-state index in [0.717, 1.165) is 49.9 Å². The quantitative estimate of drug-likeness (QED) is 0.776. The number of nitrogens with zero attached hydrogens (tertiary/aromatic N) is 2. The van der Waals surface area contributed by atoms with Gasteiger partial charge in [-0.2, -0.15) is 18.4 Å². The van der Waals surface area contributed by atoms with Gasteiger partial charge in [0.2, 0.25) is 0 Å². The summed E-state index contributed by atoms with van der Waals surface area (Å²) in [5.41, 5.74) is 2.13. The fourth-order valence-corrected chi connectivity index (χ4v) is 4.84. The second-order valence-electron chi connectivity index (χ2n) is 7.53. The number of piperidine rings is 1. The van der Waals surface area contributed by atoms with Gasteiger partial charge in [0, 0.05) is 30.6 Å². The summed E-state index contributed by atoms with van der Waals surface area (Å²) in [6.07, 6.45) is 5.31. The summed E-state index contributed by atoms with van der Waals surface area (Å²) < 4.78 is 30.9. The number of aryl methyl sites for hydroxylation is 1. The highest BCUT2D eigenvalue weighted by Gasteiger charge is 2.30. The number of sulfonamides is 1. The third-order valence-corrected chi connectivity index (χ3v) is 6.74. The number of rotatable bonds is 4. The van der Waals surface area contributed by atoms with Crippen LogP contribution in [0.2, 0.25) is 0 Å². The van der Waals surface area contributed by atoms with Crippen molar-refractivity contribution < 1.29 is 17.6 Å². The van der Waals surface area contributed by atoms with Crippen molar-refractivity contribution in [3.05, 3.63) is 53.0 Å². The Labute approximate surface area is 170 Å². The molecule has 154 valence electrons. The van der Waals surface area contributed by atoms with Gasteiger partial charge in [0.25, 0.3) is 15.9 Å². The number of benzene rings is 1. The van der Waals surface area contributed by atoms with Gasteiger partial charge >= 0.3 is 0 Å². The molecule has 1 N–H and O–H groups in total. The molecule has 0 spiro atoms. The summed E-state index contributed by atoms with van der Waals surface area (Å²) >= 11 is 0. The molecule has 0 bridgehead atoms. The molecule has 2 heterocycles. The van der Waals surface area contributed by atoms with E-state index >= 15 is 0 Å². The van der Waals surface area contributed by atoms with Crippen LogP contribution < -0.4 is 4.83 Å². The number of hydrazone groups is 1. The van der Waals surface area contributed by atoms with Crippen LogP contribution in [-0.2, 0) is 16.4 Å². The van der Waals surface area contributed by atoms with Gasteiger partial charge in [0.05, 0.1) is 10.6 Å². The molecule has 1 aliphatic heterocycles. The van der Waals surface area contributed by atoms with E-state index < -0.39 is 10.0 Å². The van der Waals surface area contributed by atoms with Gasteiger partial charge in [-0.05, 0) is 51.2 Å². The van der Waals surface area contributed by atoms with Crippen LogP contribution in [0.1, 0.15) is 59.5 Å². The van der Waals surface area contributed by atoms with Crippen molar-refractivity contribution in [2.75, 3.05) is 13.1 Å². The van der Waals surface area contributed by atoms with Gasteiger partial charge in [-0.15, -0.1) is 0 Å². The number of carbonyl (C=O) groups is 1. The number of amides is 1. The second kappa shape index (κ2) is 8.02. The summed E-state index contributed by atoms with van der Waals surface area (Å²) in [6, 6.07) is 8.13. The van der Waals surface area contributed by atoms with Crippen LogP contribution in [-0.4, -0.2) is 38.0 Å². The Morgan fingerprint density at radius 2 is 1.79 bits per heavy atom. The number of fused-ring (bicyclic) bond motifs is 1. The summed E-state index contributed by atoms with van der Waals surface area (Å²) in [4.78, 5) is 17.3. The molecule has 29 heavy (non-hydrogen) atoms. The molecule has 8 heteroatoms. The molecule has 0 unspecified atom stereocenters. The van der Waals surface area contributed by atoms with E-state index in [1.54, 1.807) is 18.2 Å². The molecule has 7 nitrogen and oxygen atoms in total. The van der Waals surface area contributed by atoms with Crippen molar-refractivity contribution in [3.8, 4) is 0 Å². The molecule has 1 saturated heterocycles. The topological polar surface area (TPSA) is 92.0 Å². The molecule has 1 aliphatic carbocycles. The van der Waals surface area contributed by atoms with E-state index in [4.69, 9.17) is 4.42 Å². The first kappa shape index (κ1) is 19.7. The number of likely N-dealkylation sites (tertiary alicyclic amines) is 1. The molecule has 4 rings (SSSR count). The Hall–Kier alpha value is -2.61. The van der Waals surface area contributed by atoms with Crippen LogP contribution in [0.3, 0.4) is 0 Å². The first-order valence-electron chi connectivity index (χ1n) is 10.0. The summed E-state index contributed by atoms with van der Waals surface area (Å²) in [7, 11) is -3.74. The number of furan rings is 1. The summed E-state index contributed by atoms with van der Waals surface area (Å²) in [5, 5.41) is 4.21. The van der Waals surface area contributed by atoms with Crippen molar-refractivity contribution in [2.45, 2.75) is 50.3 Å². The van der Waals surface area contributed by atoms with Crippen molar-refractivity contribution in [3.63, 3.8) is 0 Å². The largest absolute Gasteiger partial charge is 0.455 e. The van der Waals surface area contributed by atoms with Crippen molar-refractivity contribution in [2.24, 2.45) is 5.10 Å². The average Bonchev–Trinajstić information content (AvgIpc) is 3.10. The van der Waals surface area contributed by atoms with Crippen LogP contribution in [0, 0.1) is 6.92 Å². The lowest BCUT2D eigenvalue weighted by atomic mass is 9.93. The lowest BCUT2D eigenvalue weighted by Crippen LogP contribution is -2.35. The number of hydrogen-bond acceptors (Lipinski definition) is 5. The van der Waals surface area contributed by atoms with Gasteiger partial charge < -0.3 is 9.32 Å². The maximum atomic E-state index is 12.9. The van der Waals surface area contributed by atoms with E-state index in [9.17, 15) is 13.2 Å². The van der Waals surface area contributed by atoms with Gasteiger partial charge in [-0.25, -0.2) is 0 Å². The average molecular weight is 416 g/mol. The lowest BCUT2D eigenvalue weighted by Gasteiger charge is -2.25. The van der Waals surface area contributed by atoms with Crippen LogP contribution in [0.15, 0.2) is 44.7 Å². The fraction of sp³-hybridized carbons (Fsp3) is 0.429. The van der Waals surface area contributed by atoms with Crippen molar-refractivity contribution in [1.29, 1.82) is 0 Å². The third kappa shape index (κ3) is 3.94. The standard InChI is InChI=1S/C21H25N3O4S/c1-15-19-17(22-23-29(26,27)16-9-4-2-5-10-16)11-8-12-18(19)28-20(15)21(25)24-13-6-3-7-14-24/h2,4-5,9-10,23H,3,6-8,11-14H2,1H3/b22-17+. The van der Waals surface area contributed by atoms with E-state index in [0.29, 0.717) is 30.1 Å². The molecule has 2 aromatic rings. The van der Waals surface area contributed by atoms with Crippen LogP contribution in [0.5, 0.6) is 0 Å². The van der Waals surface area contributed by atoms with Crippen LogP contribution >= 0.6 is 0 Å². The van der Waals surface area contributed by atoms with E-state index in [2.05, 4.69) is 9.93 Å². The molecule has 1 fully saturated rings. The highest BCUT2D eigenvalue weighted by molar-refractivity contribution is 7.89. The molecule has 1 amide bonds. The monoisotopic (exact) mass is 415 g/mol. The zero-order valence-corrected chi connectivity index (χ0v) is 17.3. The molecule has 2 aliphatic rings. The van der Waals surface area contributed by atoms with Gasteiger partial charge in [0.1, 0.15) is 5.76 Å². The molecular weight excluding hydrogens is 390 g/mol. The summed E-state index contributed by atoms with van der Waals surface area (Å²) in [6.45, 7) is 3.36. The normalized spacial score (nSPS) is 18.5. The number of hydrogen-bond donors (Lipinski definition) is 1. The third-order valence-electron chi connectivity index (χ3n) is 5.52. The van der Waals surface area contributed by atoms with Crippen molar-refractivity contribution in [1.82, 2.24) is 9.73 Å². The van der Waals surface area contributed by atoms with E-state index in [1.165, 1.54) is 12.1 Å². The molecule has 0 radical (unpaired) electrons. The predicted molar refractivity (Wildman–Crippen MR) is 109 cm³/mol. The highest BCUT2D eigenvalue weighted by atomic mass is 32.2. The molecular formula is C21H25N3O4S. The van der Waals surface area contributed by atoms with Crippen LogP contribution in [0.4, 0.5) is 0 Å². The lowest BCUT2D eigenvalue weighted by molar-refractivity contribution is 0.0689. The first-order valence-corrected chi connectivity index (χ1v) is 11.5. The minimum Gasteiger partial charge on any atom is -0.455 e. The molecule has 1 aromatic carbocycles. The van der Waals surface area contributed by atoms with E-state index in [-0.39, 0.29) is 10.8 Å². The zero-order chi connectivity index (χ0) is 20.4. The van der Waals surface area contributed by atoms with Gasteiger partial charge in [-0.3, -0.25) is 4.79 Å². The van der Waals surface area contributed by atoms with E-state index in [1.807, 2.05) is 11.8 Å². The SMILES string of the molecule is Cc1c(C(=O)N2CCCCC2)oc2c1/C(=N/NS(=O)(=O)c1ccccc1)CCC2. The molecule has 1 aromatic heterocycles. The Kier molecular flexibility index (Phi) is 5.45. The zero-order valence-electron chi connectivity index (χ0n) is 16.5. The Morgan fingerprint density at radius 1 is 1.07 bits per heavy atom. The Morgan fingerprint density at radius 3 is 2.52 bits per heavy atom. The minimum absolute atomic E-state index is 0.0826. The molecule has 0 saturated carbocycles. The summed E-state index contributed by atoms with van der Waals surface area (Å²) in [5.74, 6) is 0.991. The highest BCUT2D eigenvalue weighted by Crippen LogP contribution is 2.31. The van der Waals surface area contributed by atoms with Crippen LogP contribution in [0.25, 0.3) is 0 Å². The predicted octanol–water partition coefficient (Wildman–Crippen LogP) is 3.23. The van der Waals surface area contributed by atoms with Gasteiger partial charge in [-0.1, -0.05) is 18.2 Å². The smallest absolute Gasteiger partial charge is 0.289 e. The second-order valence-corrected chi connectivity index (χ2v) is 9.19. The maximum absolute atomic E-state index is 12.9. The van der Waals surface area contributed by atoms with Crippen molar-refractivity contribution >= 4 is 21.6 Å². The number of nitrogens with one attached hydrogen (secondary N) is 1. The Bertz CT molecular complexity index is 1040. The number of carbonyl (C=O) groups excluding carboxylic acids is 1. The molecule has 0 atom stereocenters. The fourth-order valence-electron chi connectivity index (χ4n) is 3.99. The first-order chi connectivity index (χ1) is 14.0. The van der Waals surface area contributed by atoms with Gasteiger partial charge in [0.15, 0.2) is 5.76 Å². The minimum atomic E-state index is -3.74. The Balaban J connectivity index is 1.62. The maximum Gasteiger partial charge on any atom is 0.289 e.